The first-order valence-electron chi connectivity index (χ1n) is 11.0. The number of nitrogens with zero attached hydrogens (tertiary/aromatic N) is 1. The quantitative estimate of drug-likeness (QED) is 0.479. The number of aromatic nitrogens is 1. The van der Waals surface area contributed by atoms with Crippen molar-refractivity contribution in [1.29, 1.82) is 0 Å². The molecule has 0 radical (unpaired) electrons. The van der Waals surface area contributed by atoms with Crippen molar-refractivity contribution in [3.63, 3.8) is 0 Å². The molecule has 1 aromatic heterocycles. The molecular weight excluding hydrogens is 463 g/mol. The molecule has 10 heteroatoms. The molecule has 7 nitrogen and oxygen atoms in total. The van der Waals surface area contributed by atoms with Crippen LogP contribution in [0.3, 0.4) is 0 Å². The maximum Gasteiger partial charge on any atom is 0.258 e. The highest BCUT2D eigenvalue weighted by Gasteiger charge is 2.27. The number of hydrogen-bond donors (Lipinski definition) is 3. The van der Waals surface area contributed by atoms with E-state index in [0.717, 1.165) is 18.3 Å². The van der Waals surface area contributed by atoms with Gasteiger partial charge in [-0.2, -0.15) is 0 Å². The minimum absolute atomic E-state index is 0.111. The number of carbonyl (C=O) groups is 2. The Morgan fingerprint density at radius 2 is 1.51 bits per heavy atom. The molecule has 3 N–H and O–H groups in total. The smallest absolute Gasteiger partial charge is 0.258 e. The molecule has 1 heterocycles. The van der Waals surface area contributed by atoms with E-state index < -0.39 is 40.6 Å². The molecule has 182 valence electrons. The summed E-state index contributed by atoms with van der Waals surface area (Å²) >= 11 is 0. The molecule has 2 amide bonds. The summed E-state index contributed by atoms with van der Waals surface area (Å²) in [6.07, 6.45) is 2.95. The van der Waals surface area contributed by atoms with Gasteiger partial charge in [-0.25, -0.2) is 18.2 Å². The first kappa shape index (κ1) is 24.1. The van der Waals surface area contributed by atoms with Crippen LogP contribution >= 0.6 is 0 Å². The fourth-order valence-corrected chi connectivity index (χ4v) is 3.93. The molecule has 2 aromatic carbocycles. The van der Waals surface area contributed by atoms with Gasteiger partial charge in [0.15, 0.2) is 0 Å². The zero-order valence-electron chi connectivity index (χ0n) is 18.4. The van der Waals surface area contributed by atoms with Crippen molar-refractivity contribution >= 4 is 11.8 Å². The van der Waals surface area contributed by atoms with Crippen LogP contribution in [-0.2, 0) is 0 Å². The van der Waals surface area contributed by atoms with Gasteiger partial charge in [-0.15, -0.1) is 0 Å². The summed E-state index contributed by atoms with van der Waals surface area (Å²) in [7, 11) is 0. The Balaban J connectivity index is 1.35. The standard InChI is InChI=1S/C25H22F3N3O4/c26-14-4-10-18(11-5-14)35-25-19(12-15(27)13-29-25)23(33)30-16-6-8-17(9-7-16)31-24(34)22-20(28)2-1-3-21(22)32/h1-5,10-13,16-17,32H,6-9H2,(H,30,33)(H,31,34). The average Bonchev–Trinajstić information content (AvgIpc) is 2.82. The van der Waals surface area contributed by atoms with E-state index in [1.165, 1.54) is 36.4 Å². The van der Waals surface area contributed by atoms with E-state index in [4.69, 9.17) is 4.74 Å². The number of aromatic hydroxyl groups is 1. The second-order valence-corrected chi connectivity index (χ2v) is 8.19. The van der Waals surface area contributed by atoms with Crippen molar-refractivity contribution in [2.45, 2.75) is 37.8 Å². The Bertz CT molecular complexity index is 1210. The summed E-state index contributed by atoms with van der Waals surface area (Å²) < 4.78 is 46.4. The normalized spacial score (nSPS) is 17.5. The van der Waals surface area contributed by atoms with Crippen molar-refractivity contribution in [3.05, 3.63) is 83.3 Å². The number of benzene rings is 2. The van der Waals surface area contributed by atoms with Crippen molar-refractivity contribution < 1.29 is 32.6 Å². The van der Waals surface area contributed by atoms with Gasteiger partial charge in [0.25, 0.3) is 11.8 Å². The number of amides is 2. The molecule has 0 aliphatic heterocycles. The van der Waals surface area contributed by atoms with Crippen LogP contribution in [0, 0.1) is 17.5 Å². The van der Waals surface area contributed by atoms with Crippen molar-refractivity contribution in [2.24, 2.45) is 0 Å². The molecule has 4 rings (SSSR count). The Kier molecular flexibility index (Phi) is 7.19. The maximum absolute atomic E-state index is 13.9. The topological polar surface area (TPSA) is 101 Å². The molecule has 1 saturated carbocycles. The molecule has 0 bridgehead atoms. The van der Waals surface area contributed by atoms with Gasteiger partial charge in [0, 0.05) is 12.1 Å². The van der Waals surface area contributed by atoms with Crippen molar-refractivity contribution in [1.82, 2.24) is 15.6 Å². The zero-order chi connectivity index (χ0) is 24.9. The molecule has 1 aliphatic carbocycles. The molecular formula is C25H22F3N3O4. The first-order valence-corrected chi connectivity index (χ1v) is 11.0. The van der Waals surface area contributed by atoms with Gasteiger partial charge in [0.2, 0.25) is 5.88 Å². The monoisotopic (exact) mass is 485 g/mol. The molecule has 0 spiro atoms. The lowest BCUT2D eigenvalue weighted by molar-refractivity contribution is 0.0886. The number of nitrogens with one attached hydrogen (secondary N) is 2. The van der Waals surface area contributed by atoms with Gasteiger partial charge in [0.1, 0.15) is 40.1 Å². The van der Waals surface area contributed by atoms with Gasteiger partial charge in [-0.05, 0) is 68.1 Å². The van der Waals surface area contributed by atoms with Crippen molar-refractivity contribution in [3.8, 4) is 17.4 Å². The minimum atomic E-state index is -0.814. The minimum Gasteiger partial charge on any atom is -0.507 e. The lowest BCUT2D eigenvalue weighted by Gasteiger charge is -2.30. The predicted molar refractivity (Wildman–Crippen MR) is 120 cm³/mol. The zero-order valence-corrected chi connectivity index (χ0v) is 18.4. The number of ether oxygens (including phenoxy) is 1. The maximum atomic E-state index is 13.9. The van der Waals surface area contributed by atoms with E-state index in [1.54, 1.807) is 0 Å². The van der Waals surface area contributed by atoms with Crippen LogP contribution in [-0.4, -0.2) is 34.0 Å². The molecule has 1 aliphatic rings. The Labute approximate surface area is 199 Å². The van der Waals surface area contributed by atoms with Gasteiger partial charge < -0.3 is 20.5 Å². The van der Waals surface area contributed by atoms with E-state index in [0.29, 0.717) is 25.7 Å². The lowest BCUT2D eigenvalue weighted by Crippen LogP contribution is -2.44. The van der Waals surface area contributed by atoms with Crippen LogP contribution in [0.15, 0.2) is 54.7 Å². The fraction of sp³-hybridized carbons (Fsp3) is 0.240. The number of pyridine rings is 1. The summed E-state index contributed by atoms with van der Waals surface area (Å²) in [6, 6.07) is 9.22. The summed E-state index contributed by atoms with van der Waals surface area (Å²) in [5, 5.41) is 15.3. The van der Waals surface area contributed by atoms with Crippen LogP contribution in [0.1, 0.15) is 46.4 Å². The first-order chi connectivity index (χ1) is 16.8. The second kappa shape index (κ2) is 10.5. The largest absolute Gasteiger partial charge is 0.507 e. The number of halogens is 3. The molecule has 0 atom stereocenters. The number of carbonyl (C=O) groups excluding carboxylic acids is 2. The highest BCUT2D eigenvalue weighted by atomic mass is 19.1. The van der Waals surface area contributed by atoms with Crippen LogP contribution in [0.4, 0.5) is 13.2 Å². The summed E-state index contributed by atoms with van der Waals surface area (Å²) in [5.41, 5.74) is -0.519. The Morgan fingerprint density at radius 1 is 0.886 bits per heavy atom. The highest BCUT2D eigenvalue weighted by molar-refractivity contribution is 5.97. The molecule has 1 fully saturated rings. The third-order valence-electron chi connectivity index (χ3n) is 5.71. The predicted octanol–water partition coefficient (Wildman–Crippen LogP) is 4.47. The van der Waals surface area contributed by atoms with Gasteiger partial charge in [0.05, 0.1) is 6.20 Å². The van der Waals surface area contributed by atoms with Gasteiger partial charge in [-0.3, -0.25) is 9.59 Å². The second-order valence-electron chi connectivity index (χ2n) is 8.19. The number of rotatable bonds is 6. The van der Waals surface area contributed by atoms with Crippen LogP contribution in [0.5, 0.6) is 17.4 Å². The van der Waals surface area contributed by atoms with E-state index >= 15 is 0 Å². The average molecular weight is 485 g/mol. The van der Waals surface area contributed by atoms with E-state index in [-0.39, 0.29) is 29.3 Å². The molecule has 35 heavy (non-hydrogen) atoms. The fourth-order valence-electron chi connectivity index (χ4n) is 3.93. The molecule has 0 unspecified atom stereocenters. The number of phenols is 1. The molecule has 0 saturated heterocycles. The van der Waals surface area contributed by atoms with Crippen LogP contribution in [0.2, 0.25) is 0 Å². The third-order valence-corrected chi connectivity index (χ3v) is 5.71. The third kappa shape index (κ3) is 5.89. The SMILES string of the molecule is O=C(NC1CCC(NC(=O)c2c(O)cccc2F)CC1)c1cc(F)cnc1Oc1ccc(F)cc1. The van der Waals surface area contributed by atoms with Crippen molar-refractivity contribution in [2.75, 3.05) is 0 Å². The van der Waals surface area contributed by atoms with Crippen LogP contribution in [0.25, 0.3) is 0 Å². The Hall–Kier alpha value is -4.08. The molecule has 3 aromatic rings. The summed E-state index contributed by atoms with van der Waals surface area (Å²) in [4.78, 5) is 29.1. The number of phenolic OH excluding ortho intramolecular Hbond substituents is 1. The van der Waals surface area contributed by atoms with E-state index in [1.807, 2.05) is 0 Å². The van der Waals surface area contributed by atoms with Gasteiger partial charge >= 0.3 is 0 Å². The van der Waals surface area contributed by atoms with E-state index in [9.17, 15) is 27.9 Å². The summed E-state index contributed by atoms with van der Waals surface area (Å²) in [6.45, 7) is 0. The highest BCUT2D eigenvalue weighted by Crippen LogP contribution is 2.26. The van der Waals surface area contributed by atoms with Crippen LogP contribution < -0.4 is 15.4 Å². The Morgan fingerprint density at radius 3 is 2.14 bits per heavy atom. The number of hydrogen-bond acceptors (Lipinski definition) is 5. The lowest BCUT2D eigenvalue weighted by atomic mass is 9.90. The van der Waals surface area contributed by atoms with Gasteiger partial charge in [-0.1, -0.05) is 6.07 Å². The summed E-state index contributed by atoms with van der Waals surface area (Å²) in [5.74, 6) is -3.61. The van der Waals surface area contributed by atoms with E-state index in [2.05, 4.69) is 15.6 Å².